The predicted octanol–water partition coefficient (Wildman–Crippen LogP) is 2.75. The van der Waals surface area contributed by atoms with Crippen molar-refractivity contribution >= 4 is 28.8 Å². The van der Waals surface area contributed by atoms with Gasteiger partial charge in [-0.1, -0.05) is 30.4 Å². The van der Waals surface area contributed by atoms with E-state index in [0.717, 1.165) is 37.2 Å². The maximum absolute atomic E-state index is 12.1. The van der Waals surface area contributed by atoms with Gasteiger partial charge in [0.05, 0.1) is 0 Å². The van der Waals surface area contributed by atoms with Gasteiger partial charge in [0.25, 0.3) is 5.91 Å². The normalized spacial score (nSPS) is 15.3. The molecule has 1 aliphatic heterocycles. The molecule has 1 aliphatic rings. The maximum atomic E-state index is 12.1. The molecule has 1 aromatic carbocycles. The van der Waals surface area contributed by atoms with E-state index in [1.165, 1.54) is 6.42 Å². The van der Waals surface area contributed by atoms with Crippen LogP contribution in [-0.2, 0) is 4.79 Å². The van der Waals surface area contributed by atoms with Gasteiger partial charge in [-0.05, 0) is 37.8 Å². The van der Waals surface area contributed by atoms with Gasteiger partial charge in [-0.15, -0.1) is 0 Å². The van der Waals surface area contributed by atoms with Gasteiger partial charge in [0.2, 0.25) is 0 Å². The first-order valence-electron chi connectivity index (χ1n) is 6.34. The van der Waals surface area contributed by atoms with Crippen LogP contribution in [0.4, 0.5) is 5.69 Å². The first-order chi connectivity index (χ1) is 8.68. The van der Waals surface area contributed by atoms with E-state index >= 15 is 0 Å². The van der Waals surface area contributed by atoms with Crippen molar-refractivity contribution in [2.45, 2.75) is 26.2 Å². The summed E-state index contributed by atoms with van der Waals surface area (Å²) < 4.78 is 0. The van der Waals surface area contributed by atoms with Crippen LogP contribution >= 0.6 is 12.2 Å². The lowest BCUT2D eigenvalue weighted by Crippen LogP contribution is -2.41. The fourth-order valence-corrected chi connectivity index (χ4v) is 2.36. The first kappa shape index (κ1) is 13.0. The minimum Gasteiger partial charge on any atom is -0.358 e. The zero-order valence-corrected chi connectivity index (χ0v) is 11.4. The average Bonchev–Trinajstić information content (AvgIpc) is 2.41. The Bertz CT molecular complexity index is 453. The number of carbonyl (C=O) groups excluding carboxylic acids is 1. The first-order valence-corrected chi connectivity index (χ1v) is 6.75. The molecule has 0 aliphatic carbocycles. The summed E-state index contributed by atoms with van der Waals surface area (Å²) in [5.74, 6) is -0.166. The SMILES string of the molecule is Cc1ccccc1NC(=O)C(=S)N1CCCCC1. The van der Waals surface area contributed by atoms with E-state index in [-0.39, 0.29) is 5.91 Å². The number of para-hydroxylation sites is 1. The zero-order chi connectivity index (χ0) is 13.0. The molecule has 0 atom stereocenters. The topological polar surface area (TPSA) is 32.3 Å². The van der Waals surface area contributed by atoms with E-state index in [1.807, 2.05) is 36.1 Å². The van der Waals surface area contributed by atoms with Crippen LogP contribution in [-0.4, -0.2) is 28.9 Å². The number of hydrogen-bond donors (Lipinski definition) is 1. The molecule has 0 spiro atoms. The van der Waals surface area contributed by atoms with Crippen LogP contribution in [0.1, 0.15) is 24.8 Å². The van der Waals surface area contributed by atoms with Gasteiger partial charge in [-0.2, -0.15) is 0 Å². The Morgan fingerprint density at radius 3 is 2.56 bits per heavy atom. The summed E-state index contributed by atoms with van der Waals surface area (Å²) in [6.45, 7) is 3.78. The Morgan fingerprint density at radius 1 is 1.22 bits per heavy atom. The fourth-order valence-electron chi connectivity index (χ4n) is 2.13. The second-order valence-corrected chi connectivity index (χ2v) is 5.01. The summed E-state index contributed by atoms with van der Waals surface area (Å²) in [6.07, 6.45) is 3.48. The van der Waals surface area contributed by atoms with Crippen molar-refractivity contribution in [3.05, 3.63) is 29.8 Å². The fraction of sp³-hybridized carbons (Fsp3) is 0.429. The van der Waals surface area contributed by atoms with Crippen molar-refractivity contribution in [2.75, 3.05) is 18.4 Å². The molecule has 0 unspecified atom stereocenters. The van der Waals surface area contributed by atoms with Crippen LogP contribution in [0.2, 0.25) is 0 Å². The van der Waals surface area contributed by atoms with Crippen molar-refractivity contribution in [1.29, 1.82) is 0 Å². The molecule has 1 saturated heterocycles. The summed E-state index contributed by atoms with van der Waals surface area (Å²) >= 11 is 5.25. The summed E-state index contributed by atoms with van der Waals surface area (Å²) in [6, 6.07) is 7.73. The second kappa shape index (κ2) is 5.96. The summed E-state index contributed by atoms with van der Waals surface area (Å²) in [5.41, 5.74) is 1.88. The Morgan fingerprint density at radius 2 is 1.89 bits per heavy atom. The van der Waals surface area contributed by atoms with Gasteiger partial charge in [0, 0.05) is 18.8 Å². The number of rotatable bonds is 1. The van der Waals surface area contributed by atoms with E-state index < -0.39 is 0 Å². The molecule has 0 bridgehead atoms. The number of hydrogen-bond acceptors (Lipinski definition) is 2. The highest BCUT2D eigenvalue weighted by Crippen LogP contribution is 2.15. The number of nitrogens with zero attached hydrogens (tertiary/aromatic N) is 1. The monoisotopic (exact) mass is 262 g/mol. The molecular formula is C14H18N2OS. The van der Waals surface area contributed by atoms with E-state index in [0.29, 0.717) is 4.99 Å². The highest BCUT2D eigenvalue weighted by molar-refractivity contribution is 7.82. The number of carbonyl (C=O) groups is 1. The molecule has 96 valence electrons. The van der Waals surface area contributed by atoms with Crippen LogP contribution in [0.3, 0.4) is 0 Å². The van der Waals surface area contributed by atoms with Crippen LogP contribution in [0.5, 0.6) is 0 Å². The zero-order valence-electron chi connectivity index (χ0n) is 10.6. The average molecular weight is 262 g/mol. The van der Waals surface area contributed by atoms with Crippen molar-refractivity contribution in [3.8, 4) is 0 Å². The minimum absolute atomic E-state index is 0.166. The third-order valence-corrected chi connectivity index (χ3v) is 3.67. The summed E-state index contributed by atoms with van der Waals surface area (Å²) in [7, 11) is 0. The number of amides is 1. The minimum atomic E-state index is -0.166. The van der Waals surface area contributed by atoms with E-state index in [9.17, 15) is 4.79 Å². The summed E-state index contributed by atoms with van der Waals surface area (Å²) in [5, 5.41) is 2.89. The van der Waals surface area contributed by atoms with Crippen molar-refractivity contribution < 1.29 is 4.79 Å². The van der Waals surface area contributed by atoms with E-state index in [4.69, 9.17) is 12.2 Å². The third kappa shape index (κ3) is 3.07. The number of thiocarbonyl (C=S) groups is 1. The Kier molecular flexibility index (Phi) is 4.31. The lowest BCUT2D eigenvalue weighted by molar-refractivity contribution is -0.110. The molecule has 18 heavy (non-hydrogen) atoms. The third-order valence-electron chi connectivity index (χ3n) is 3.23. The van der Waals surface area contributed by atoms with E-state index in [1.54, 1.807) is 0 Å². The van der Waals surface area contributed by atoms with Crippen molar-refractivity contribution in [1.82, 2.24) is 4.90 Å². The lowest BCUT2D eigenvalue weighted by Gasteiger charge is -2.28. The number of aryl methyl sites for hydroxylation is 1. The molecule has 1 amide bonds. The smallest absolute Gasteiger partial charge is 0.283 e. The molecule has 0 radical (unpaired) electrons. The highest BCUT2D eigenvalue weighted by Gasteiger charge is 2.19. The number of likely N-dealkylation sites (tertiary alicyclic amines) is 1. The largest absolute Gasteiger partial charge is 0.358 e. The number of piperidine rings is 1. The van der Waals surface area contributed by atoms with Crippen LogP contribution in [0.15, 0.2) is 24.3 Å². The van der Waals surface area contributed by atoms with Gasteiger partial charge in [0.1, 0.15) is 0 Å². The standard InChI is InChI=1S/C14H18N2OS/c1-11-7-3-4-8-12(11)15-13(17)14(18)16-9-5-2-6-10-16/h3-4,7-8H,2,5-6,9-10H2,1H3,(H,15,17). The molecule has 0 aromatic heterocycles. The molecule has 4 heteroatoms. The van der Waals surface area contributed by atoms with Gasteiger partial charge < -0.3 is 10.2 Å². The van der Waals surface area contributed by atoms with Crippen LogP contribution in [0.25, 0.3) is 0 Å². The highest BCUT2D eigenvalue weighted by atomic mass is 32.1. The van der Waals surface area contributed by atoms with Gasteiger partial charge in [0.15, 0.2) is 4.99 Å². The predicted molar refractivity (Wildman–Crippen MR) is 77.8 cm³/mol. The van der Waals surface area contributed by atoms with Crippen molar-refractivity contribution in [3.63, 3.8) is 0 Å². The molecule has 3 nitrogen and oxygen atoms in total. The second-order valence-electron chi connectivity index (χ2n) is 4.62. The molecule has 1 aromatic rings. The molecule has 1 N–H and O–H groups in total. The number of benzene rings is 1. The molecule has 1 heterocycles. The maximum Gasteiger partial charge on any atom is 0.283 e. The van der Waals surface area contributed by atoms with Crippen molar-refractivity contribution in [2.24, 2.45) is 0 Å². The molecular weight excluding hydrogens is 244 g/mol. The van der Waals surface area contributed by atoms with Crippen LogP contribution < -0.4 is 5.32 Å². The Labute approximate surface area is 113 Å². The Hall–Kier alpha value is -1.42. The van der Waals surface area contributed by atoms with Gasteiger partial charge >= 0.3 is 0 Å². The molecule has 1 fully saturated rings. The van der Waals surface area contributed by atoms with Crippen LogP contribution in [0, 0.1) is 6.92 Å². The van der Waals surface area contributed by atoms with E-state index in [2.05, 4.69) is 5.32 Å². The quantitative estimate of drug-likeness (QED) is 0.790. The molecule has 0 saturated carbocycles. The van der Waals surface area contributed by atoms with Gasteiger partial charge in [-0.25, -0.2) is 0 Å². The molecule has 2 rings (SSSR count). The lowest BCUT2D eigenvalue weighted by atomic mass is 10.1. The number of anilines is 1. The Balaban J connectivity index is 1.99. The summed E-state index contributed by atoms with van der Waals surface area (Å²) in [4.78, 5) is 14.5. The number of nitrogens with one attached hydrogen (secondary N) is 1. The van der Waals surface area contributed by atoms with Gasteiger partial charge in [-0.3, -0.25) is 4.79 Å².